The van der Waals surface area contributed by atoms with E-state index < -0.39 is 10.8 Å². The summed E-state index contributed by atoms with van der Waals surface area (Å²) in [6, 6.07) is 9.40. The van der Waals surface area contributed by atoms with Gasteiger partial charge in [-0.05, 0) is 29.8 Å². The molecule has 2 rings (SSSR count). The van der Waals surface area contributed by atoms with E-state index in [0.29, 0.717) is 17.2 Å². The van der Waals surface area contributed by atoms with E-state index in [2.05, 4.69) is 5.32 Å². The number of nitrogens with one attached hydrogen (secondary N) is 1. The molecule has 0 aromatic heterocycles. The molecule has 9 nitrogen and oxygen atoms in total. The van der Waals surface area contributed by atoms with Gasteiger partial charge in [0.1, 0.15) is 5.75 Å². The maximum Gasteiger partial charge on any atom is 0.314 e. The highest BCUT2D eigenvalue weighted by Gasteiger charge is 2.17. The SMILES string of the molecule is COc1ccc(OCC(=O)NCc2ccc(OC)c(OC)c2)c([N+](=O)[O-])c1. The van der Waals surface area contributed by atoms with Crippen LogP contribution >= 0.6 is 0 Å². The number of methoxy groups -OCH3 is 3. The molecule has 0 radical (unpaired) electrons. The number of carbonyl (C=O) groups excluding carboxylic acids is 1. The molecule has 0 saturated carbocycles. The fraction of sp³-hybridized carbons (Fsp3) is 0.278. The second-order valence-electron chi connectivity index (χ2n) is 5.35. The lowest BCUT2D eigenvalue weighted by Crippen LogP contribution is -2.28. The Hall–Kier alpha value is -3.49. The highest BCUT2D eigenvalue weighted by molar-refractivity contribution is 5.77. The molecule has 0 saturated heterocycles. The number of nitro groups is 1. The molecule has 0 fully saturated rings. The predicted molar refractivity (Wildman–Crippen MR) is 96.5 cm³/mol. The summed E-state index contributed by atoms with van der Waals surface area (Å²) >= 11 is 0. The molecule has 0 bridgehead atoms. The number of rotatable bonds is 9. The summed E-state index contributed by atoms with van der Waals surface area (Å²) in [4.78, 5) is 22.5. The molecule has 9 heteroatoms. The summed E-state index contributed by atoms with van der Waals surface area (Å²) in [5.41, 5.74) is 0.526. The molecule has 1 amide bonds. The first-order valence-electron chi connectivity index (χ1n) is 7.91. The first-order valence-corrected chi connectivity index (χ1v) is 7.91. The van der Waals surface area contributed by atoms with Gasteiger partial charge in [0.2, 0.25) is 0 Å². The Morgan fingerprint density at radius 3 is 2.33 bits per heavy atom. The van der Waals surface area contributed by atoms with Crippen LogP contribution < -0.4 is 24.3 Å². The average molecular weight is 376 g/mol. The van der Waals surface area contributed by atoms with Gasteiger partial charge in [-0.1, -0.05) is 6.07 Å². The van der Waals surface area contributed by atoms with Crippen LogP contribution in [0.4, 0.5) is 5.69 Å². The molecule has 27 heavy (non-hydrogen) atoms. The Kier molecular flexibility index (Phi) is 6.81. The molecular formula is C18H20N2O7. The number of ether oxygens (including phenoxy) is 4. The van der Waals surface area contributed by atoms with E-state index in [0.717, 1.165) is 5.56 Å². The van der Waals surface area contributed by atoms with Gasteiger partial charge in [0.05, 0.1) is 32.3 Å². The van der Waals surface area contributed by atoms with Crippen molar-refractivity contribution in [3.05, 3.63) is 52.1 Å². The smallest absolute Gasteiger partial charge is 0.314 e. The van der Waals surface area contributed by atoms with Gasteiger partial charge >= 0.3 is 5.69 Å². The summed E-state index contributed by atoms with van der Waals surface area (Å²) in [5, 5.41) is 13.8. The molecule has 0 atom stereocenters. The number of nitrogens with zero attached hydrogens (tertiary/aromatic N) is 1. The number of benzene rings is 2. The lowest BCUT2D eigenvalue weighted by Gasteiger charge is -2.11. The molecule has 144 valence electrons. The van der Waals surface area contributed by atoms with E-state index in [-0.39, 0.29) is 24.6 Å². The summed E-state index contributed by atoms with van der Waals surface area (Å²) in [5.74, 6) is 1.03. The third-order valence-corrected chi connectivity index (χ3v) is 3.66. The summed E-state index contributed by atoms with van der Waals surface area (Å²) in [6.45, 7) is -0.117. The Balaban J connectivity index is 1.94. The third kappa shape index (κ3) is 5.24. The van der Waals surface area contributed by atoms with Crippen molar-refractivity contribution in [1.82, 2.24) is 5.32 Å². The molecule has 2 aromatic rings. The molecule has 0 heterocycles. The van der Waals surface area contributed by atoms with Crippen molar-refractivity contribution in [3.8, 4) is 23.0 Å². The van der Waals surface area contributed by atoms with Crippen molar-refractivity contribution in [1.29, 1.82) is 0 Å². The van der Waals surface area contributed by atoms with Crippen LogP contribution in [0.5, 0.6) is 23.0 Å². The van der Waals surface area contributed by atoms with Crippen molar-refractivity contribution in [2.45, 2.75) is 6.54 Å². The summed E-state index contributed by atoms with van der Waals surface area (Å²) < 4.78 is 20.6. The van der Waals surface area contributed by atoms with Crippen molar-refractivity contribution in [2.24, 2.45) is 0 Å². The molecular weight excluding hydrogens is 356 g/mol. The van der Waals surface area contributed by atoms with Crippen molar-refractivity contribution in [3.63, 3.8) is 0 Å². The van der Waals surface area contributed by atoms with Crippen molar-refractivity contribution >= 4 is 11.6 Å². The molecule has 0 aliphatic heterocycles. The average Bonchev–Trinajstić information content (AvgIpc) is 2.70. The maximum absolute atomic E-state index is 12.0. The van der Waals surface area contributed by atoms with Crippen LogP contribution in [0.15, 0.2) is 36.4 Å². The molecule has 0 unspecified atom stereocenters. The lowest BCUT2D eigenvalue weighted by molar-refractivity contribution is -0.385. The van der Waals surface area contributed by atoms with E-state index in [4.69, 9.17) is 18.9 Å². The number of hydrogen-bond donors (Lipinski definition) is 1. The summed E-state index contributed by atoms with van der Waals surface area (Å²) in [7, 11) is 4.46. The lowest BCUT2D eigenvalue weighted by atomic mass is 10.2. The Labute approximate surface area is 155 Å². The van der Waals surface area contributed by atoms with Crippen LogP contribution in [0, 0.1) is 10.1 Å². The third-order valence-electron chi connectivity index (χ3n) is 3.66. The first kappa shape index (κ1) is 19.8. The van der Waals surface area contributed by atoms with Crippen LogP contribution in [-0.2, 0) is 11.3 Å². The van der Waals surface area contributed by atoms with E-state index in [9.17, 15) is 14.9 Å². The second kappa shape index (κ2) is 9.27. The standard InChI is InChI=1S/C18H20N2O7/c1-24-13-5-7-15(14(9-13)20(22)23)27-11-18(21)19-10-12-4-6-16(25-2)17(8-12)26-3/h4-9H,10-11H2,1-3H3,(H,19,21). The number of nitro benzene ring substituents is 1. The highest BCUT2D eigenvalue weighted by atomic mass is 16.6. The van der Waals surface area contributed by atoms with E-state index >= 15 is 0 Å². The monoisotopic (exact) mass is 376 g/mol. The minimum absolute atomic E-state index is 0.0120. The van der Waals surface area contributed by atoms with Crippen LogP contribution in [0.25, 0.3) is 0 Å². The van der Waals surface area contributed by atoms with Crippen molar-refractivity contribution < 1.29 is 28.7 Å². The van der Waals surface area contributed by atoms with E-state index in [1.807, 2.05) is 0 Å². The van der Waals surface area contributed by atoms with E-state index in [1.54, 1.807) is 18.2 Å². The predicted octanol–water partition coefficient (Wildman–Crippen LogP) is 2.32. The highest BCUT2D eigenvalue weighted by Crippen LogP contribution is 2.31. The van der Waals surface area contributed by atoms with Gasteiger partial charge in [-0.3, -0.25) is 14.9 Å². The van der Waals surface area contributed by atoms with Crippen LogP contribution in [0.1, 0.15) is 5.56 Å². The van der Waals surface area contributed by atoms with Gasteiger partial charge in [-0.25, -0.2) is 0 Å². The Morgan fingerprint density at radius 1 is 1.00 bits per heavy atom. The Morgan fingerprint density at radius 2 is 1.70 bits per heavy atom. The number of amides is 1. The van der Waals surface area contributed by atoms with E-state index in [1.165, 1.54) is 39.5 Å². The normalized spacial score (nSPS) is 10.0. The molecule has 0 spiro atoms. The van der Waals surface area contributed by atoms with Gasteiger partial charge in [-0.15, -0.1) is 0 Å². The quantitative estimate of drug-likeness (QED) is 0.528. The first-order chi connectivity index (χ1) is 13.0. The molecule has 0 aliphatic carbocycles. The topological polar surface area (TPSA) is 109 Å². The second-order valence-corrected chi connectivity index (χ2v) is 5.35. The van der Waals surface area contributed by atoms with Crippen LogP contribution in [-0.4, -0.2) is 38.8 Å². The molecule has 1 N–H and O–H groups in total. The minimum atomic E-state index is -0.598. The zero-order valence-electron chi connectivity index (χ0n) is 15.2. The van der Waals surface area contributed by atoms with Gasteiger partial charge in [0.15, 0.2) is 23.9 Å². The van der Waals surface area contributed by atoms with Gasteiger partial charge in [0.25, 0.3) is 5.91 Å². The molecule has 0 aliphatic rings. The fourth-order valence-electron chi connectivity index (χ4n) is 2.27. The molecule has 2 aromatic carbocycles. The fourth-order valence-corrected chi connectivity index (χ4v) is 2.27. The van der Waals surface area contributed by atoms with Crippen LogP contribution in [0.3, 0.4) is 0 Å². The largest absolute Gasteiger partial charge is 0.496 e. The van der Waals surface area contributed by atoms with Gasteiger partial charge in [-0.2, -0.15) is 0 Å². The van der Waals surface area contributed by atoms with Gasteiger partial charge < -0.3 is 24.3 Å². The Bertz CT molecular complexity index is 823. The number of carbonyl (C=O) groups is 1. The van der Waals surface area contributed by atoms with Crippen LogP contribution in [0.2, 0.25) is 0 Å². The van der Waals surface area contributed by atoms with Gasteiger partial charge in [0, 0.05) is 6.54 Å². The minimum Gasteiger partial charge on any atom is -0.496 e. The maximum atomic E-state index is 12.0. The number of hydrogen-bond acceptors (Lipinski definition) is 7. The summed E-state index contributed by atoms with van der Waals surface area (Å²) in [6.07, 6.45) is 0. The van der Waals surface area contributed by atoms with Crippen molar-refractivity contribution in [2.75, 3.05) is 27.9 Å². The zero-order valence-corrected chi connectivity index (χ0v) is 15.2. The zero-order chi connectivity index (χ0) is 19.8.